The summed E-state index contributed by atoms with van der Waals surface area (Å²) in [5.41, 5.74) is 2.18. The fraction of sp³-hybridized carbons (Fsp3) is 0.267. The van der Waals surface area contributed by atoms with Gasteiger partial charge in [-0.05, 0) is 49.2 Å². The molecule has 216 valence electrons. The molecule has 5 rings (SSSR count). The number of ether oxygens (including phenoxy) is 1. The molecular formula is C30H26F6N2O3. The van der Waals surface area contributed by atoms with E-state index < -0.39 is 36.5 Å². The molecule has 3 heterocycles. The van der Waals surface area contributed by atoms with E-state index in [1.807, 2.05) is 26.0 Å². The molecule has 0 aliphatic carbocycles. The SMILES string of the molecule is Cc1ccc(-c2cc(C(O)CO)cc(C(F)(F)F)n2)cc1.Cc1ccc(-c2cc(C3CO3)cc(C(F)(F)F)n2)cc1. The van der Waals surface area contributed by atoms with E-state index in [2.05, 4.69) is 9.97 Å². The molecule has 5 nitrogen and oxygen atoms in total. The normalized spacial score (nSPS) is 15.6. The number of pyridine rings is 2. The van der Waals surface area contributed by atoms with Gasteiger partial charge >= 0.3 is 12.4 Å². The molecule has 1 aliphatic heterocycles. The van der Waals surface area contributed by atoms with Gasteiger partial charge < -0.3 is 14.9 Å². The molecule has 0 spiro atoms. The van der Waals surface area contributed by atoms with Gasteiger partial charge in [-0.25, -0.2) is 9.97 Å². The Hall–Kier alpha value is -3.80. The first-order valence-corrected chi connectivity index (χ1v) is 12.5. The highest BCUT2D eigenvalue weighted by Crippen LogP contribution is 2.37. The van der Waals surface area contributed by atoms with Crippen molar-refractivity contribution in [3.63, 3.8) is 0 Å². The maximum Gasteiger partial charge on any atom is 0.433 e. The molecule has 1 aliphatic rings. The highest BCUT2D eigenvalue weighted by Gasteiger charge is 2.36. The number of halogens is 6. The number of aromatic nitrogens is 2. The Kier molecular flexibility index (Phi) is 8.81. The molecule has 2 unspecified atom stereocenters. The lowest BCUT2D eigenvalue weighted by molar-refractivity contribution is -0.142. The topological polar surface area (TPSA) is 78.8 Å². The number of benzene rings is 2. The minimum absolute atomic E-state index is 0.0181. The Morgan fingerprint density at radius 3 is 1.61 bits per heavy atom. The molecule has 1 saturated heterocycles. The van der Waals surface area contributed by atoms with Crippen molar-refractivity contribution >= 4 is 0 Å². The predicted octanol–water partition coefficient (Wildman–Crippen LogP) is 7.25. The summed E-state index contributed by atoms with van der Waals surface area (Å²) in [7, 11) is 0. The molecular weight excluding hydrogens is 550 g/mol. The molecule has 2 atom stereocenters. The summed E-state index contributed by atoms with van der Waals surface area (Å²) >= 11 is 0. The van der Waals surface area contributed by atoms with E-state index in [4.69, 9.17) is 9.84 Å². The number of nitrogens with zero attached hydrogens (tertiary/aromatic N) is 2. The highest BCUT2D eigenvalue weighted by atomic mass is 19.4. The number of alkyl halides is 6. The number of hydrogen-bond donors (Lipinski definition) is 2. The fourth-order valence-corrected chi connectivity index (χ4v) is 3.86. The summed E-state index contributed by atoms with van der Waals surface area (Å²) in [6.45, 7) is 3.60. The molecule has 0 amide bonds. The Morgan fingerprint density at radius 2 is 1.20 bits per heavy atom. The van der Waals surface area contributed by atoms with Gasteiger partial charge in [0.2, 0.25) is 0 Å². The van der Waals surface area contributed by atoms with Crippen LogP contribution in [0.4, 0.5) is 26.3 Å². The second-order valence-corrected chi connectivity index (χ2v) is 9.59. The number of aliphatic hydroxyl groups excluding tert-OH is 2. The third-order valence-corrected chi connectivity index (χ3v) is 6.23. The number of aliphatic hydroxyl groups is 2. The summed E-state index contributed by atoms with van der Waals surface area (Å²) < 4.78 is 82.5. The lowest BCUT2D eigenvalue weighted by atomic mass is 10.0. The van der Waals surface area contributed by atoms with Gasteiger partial charge in [-0.15, -0.1) is 0 Å². The van der Waals surface area contributed by atoms with E-state index in [9.17, 15) is 31.4 Å². The van der Waals surface area contributed by atoms with Crippen LogP contribution in [0.25, 0.3) is 22.5 Å². The molecule has 2 aromatic heterocycles. The Labute approximate surface area is 232 Å². The van der Waals surface area contributed by atoms with Crippen molar-refractivity contribution in [3.05, 3.63) is 106 Å². The third-order valence-electron chi connectivity index (χ3n) is 6.23. The van der Waals surface area contributed by atoms with Crippen molar-refractivity contribution in [2.24, 2.45) is 0 Å². The van der Waals surface area contributed by atoms with Crippen molar-refractivity contribution < 1.29 is 41.3 Å². The van der Waals surface area contributed by atoms with Crippen LogP contribution in [-0.2, 0) is 17.1 Å². The second-order valence-electron chi connectivity index (χ2n) is 9.59. The second kappa shape index (κ2) is 12.0. The van der Waals surface area contributed by atoms with Crippen molar-refractivity contribution in [1.82, 2.24) is 9.97 Å². The predicted molar refractivity (Wildman–Crippen MR) is 140 cm³/mol. The molecule has 1 fully saturated rings. The van der Waals surface area contributed by atoms with Crippen LogP contribution in [-0.4, -0.2) is 33.4 Å². The van der Waals surface area contributed by atoms with Gasteiger partial charge in [-0.2, -0.15) is 26.3 Å². The van der Waals surface area contributed by atoms with E-state index in [1.165, 1.54) is 6.07 Å². The van der Waals surface area contributed by atoms with Gasteiger partial charge in [-0.1, -0.05) is 59.7 Å². The molecule has 4 aromatic rings. The summed E-state index contributed by atoms with van der Waals surface area (Å²) in [5.74, 6) is 0. The van der Waals surface area contributed by atoms with Gasteiger partial charge in [-0.3, -0.25) is 0 Å². The summed E-state index contributed by atoms with van der Waals surface area (Å²) in [6.07, 6.45) is -10.7. The van der Waals surface area contributed by atoms with Gasteiger partial charge in [0.1, 0.15) is 23.6 Å². The minimum Gasteiger partial charge on any atom is -0.393 e. The first-order valence-electron chi connectivity index (χ1n) is 12.5. The van der Waals surface area contributed by atoms with E-state index in [1.54, 1.807) is 42.5 Å². The van der Waals surface area contributed by atoms with Crippen molar-refractivity contribution in [1.29, 1.82) is 0 Å². The van der Waals surface area contributed by atoms with Crippen LogP contribution in [0.5, 0.6) is 0 Å². The maximum atomic E-state index is 12.9. The summed E-state index contributed by atoms with van der Waals surface area (Å²) in [6, 6.07) is 18.9. The third kappa shape index (κ3) is 7.90. The smallest absolute Gasteiger partial charge is 0.393 e. The fourth-order valence-electron chi connectivity index (χ4n) is 3.86. The van der Waals surface area contributed by atoms with Crippen LogP contribution in [0, 0.1) is 13.8 Å². The minimum atomic E-state index is -4.62. The van der Waals surface area contributed by atoms with Crippen LogP contribution < -0.4 is 0 Å². The quantitative estimate of drug-likeness (QED) is 0.193. The average Bonchev–Trinajstić information content (AvgIpc) is 3.78. The van der Waals surface area contributed by atoms with Gasteiger partial charge in [0.15, 0.2) is 0 Å². The first kappa shape index (κ1) is 30.2. The van der Waals surface area contributed by atoms with Gasteiger partial charge in [0.05, 0.1) is 24.6 Å². The van der Waals surface area contributed by atoms with Crippen LogP contribution >= 0.6 is 0 Å². The molecule has 2 aromatic carbocycles. The van der Waals surface area contributed by atoms with Crippen LogP contribution in [0.15, 0.2) is 72.8 Å². The van der Waals surface area contributed by atoms with Crippen molar-refractivity contribution in [2.45, 2.75) is 38.4 Å². The van der Waals surface area contributed by atoms with E-state index in [0.717, 1.165) is 23.3 Å². The number of rotatable bonds is 5. The number of hydrogen-bond acceptors (Lipinski definition) is 5. The number of epoxide rings is 1. The van der Waals surface area contributed by atoms with Crippen LogP contribution in [0.1, 0.15) is 45.8 Å². The molecule has 41 heavy (non-hydrogen) atoms. The molecule has 0 radical (unpaired) electrons. The summed E-state index contributed by atoms with van der Waals surface area (Å²) in [5, 5.41) is 18.5. The molecule has 0 bridgehead atoms. The van der Waals surface area contributed by atoms with Crippen molar-refractivity contribution in [3.8, 4) is 22.5 Å². The van der Waals surface area contributed by atoms with Crippen molar-refractivity contribution in [2.75, 3.05) is 13.2 Å². The van der Waals surface area contributed by atoms with E-state index >= 15 is 0 Å². The molecule has 2 N–H and O–H groups in total. The molecule has 0 saturated carbocycles. The van der Waals surface area contributed by atoms with Gasteiger partial charge in [0.25, 0.3) is 0 Å². The lowest BCUT2D eigenvalue weighted by Crippen LogP contribution is -2.12. The zero-order valence-corrected chi connectivity index (χ0v) is 22.0. The zero-order chi connectivity index (χ0) is 29.9. The maximum absolute atomic E-state index is 12.9. The Morgan fingerprint density at radius 1 is 0.756 bits per heavy atom. The molecule has 11 heteroatoms. The first-order chi connectivity index (χ1) is 19.2. The van der Waals surface area contributed by atoms with E-state index in [0.29, 0.717) is 29.0 Å². The van der Waals surface area contributed by atoms with Gasteiger partial charge in [0, 0.05) is 11.1 Å². The van der Waals surface area contributed by atoms with E-state index in [-0.39, 0.29) is 17.4 Å². The summed E-state index contributed by atoms with van der Waals surface area (Å²) in [4.78, 5) is 7.34. The van der Waals surface area contributed by atoms with Crippen LogP contribution in [0.3, 0.4) is 0 Å². The Bertz CT molecular complexity index is 1480. The zero-order valence-electron chi connectivity index (χ0n) is 22.0. The Balaban J connectivity index is 0.000000189. The lowest BCUT2D eigenvalue weighted by Gasteiger charge is -2.14. The highest BCUT2D eigenvalue weighted by molar-refractivity contribution is 5.62. The van der Waals surface area contributed by atoms with Crippen LogP contribution in [0.2, 0.25) is 0 Å². The number of aryl methyl sites for hydroxylation is 2. The average molecular weight is 577 g/mol. The standard InChI is InChI=1S/C15H14F3NO2.C15H12F3NO/c1-9-2-4-10(5-3-9)12-6-11(13(21)8-20)7-14(19-12)15(16,17)18;1-9-2-4-10(5-3-9)12-6-11(13-8-20-13)7-14(19-12)15(16,17)18/h2-7,13,20-21H,8H2,1H3;2-7,13H,8H2,1H3. The largest absolute Gasteiger partial charge is 0.433 e. The monoisotopic (exact) mass is 576 g/mol.